The predicted octanol–water partition coefficient (Wildman–Crippen LogP) is 12.8. The van der Waals surface area contributed by atoms with Crippen LogP contribution in [-0.4, -0.2) is 36.4 Å². The maximum absolute atomic E-state index is 12.1. The first-order valence-corrected chi connectivity index (χ1v) is 20.1. The molecule has 0 heterocycles. The summed E-state index contributed by atoms with van der Waals surface area (Å²) in [5.74, 6) is -0.739. The lowest BCUT2D eigenvalue weighted by Gasteiger charge is -2.15. The molecule has 0 aliphatic rings. The van der Waals surface area contributed by atoms with Crippen LogP contribution in [0.4, 0.5) is 0 Å². The van der Waals surface area contributed by atoms with Crippen molar-refractivity contribution in [1.82, 2.24) is 0 Å². The molecule has 290 valence electrons. The Labute approximate surface area is 318 Å². The zero-order chi connectivity index (χ0) is 37.8. The Bertz CT molecular complexity index is 1130. The fourth-order valence-corrected chi connectivity index (χ4v) is 4.74. The van der Waals surface area contributed by atoms with Gasteiger partial charge in [0.05, 0.1) is 6.61 Å². The van der Waals surface area contributed by atoms with E-state index in [-0.39, 0.29) is 25.6 Å². The first-order valence-electron chi connectivity index (χ1n) is 20.1. The highest BCUT2D eigenvalue weighted by Crippen LogP contribution is 2.07. The zero-order valence-electron chi connectivity index (χ0n) is 32.8. The van der Waals surface area contributed by atoms with Crippen LogP contribution in [0.25, 0.3) is 0 Å². The molecule has 1 N–H and O–H groups in total. The van der Waals surface area contributed by atoms with Gasteiger partial charge in [-0.1, -0.05) is 155 Å². The van der Waals surface area contributed by atoms with Crippen LogP contribution in [0.2, 0.25) is 0 Å². The van der Waals surface area contributed by atoms with Crippen molar-refractivity contribution >= 4 is 11.9 Å². The molecule has 0 saturated heterocycles. The second-order valence-corrected chi connectivity index (χ2v) is 12.6. The van der Waals surface area contributed by atoms with Gasteiger partial charge in [0.1, 0.15) is 6.61 Å². The Morgan fingerprint density at radius 2 is 0.865 bits per heavy atom. The summed E-state index contributed by atoms with van der Waals surface area (Å²) in [7, 11) is 0. The first-order chi connectivity index (χ1) is 25.6. The van der Waals surface area contributed by atoms with Crippen molar-refractivity contribution < 1.29 is 24.2 Å². The molecule has 0 aliphatic heterocycles. The summed E-state index contributed by atoms with van der Waals surface area (Å²) >= 11 is 0. The van der Waals surface area contributed by atoms with Crippen molar-refractivity contribution in [3.8, 4) is 0 Å². The maximum Gasteiger partial charge on any atom is 0.306 e. The Balaban J connectivity index is 3.80. The van der Waals surface area contributed by atoms with Crippen molar-refractivity contribution in [3.05, 3.63) is 122 Å². The highest BCUT2D eigenvalue weighted by molar-refractivity contribution is 5.70. The summed E-state index contributed by atoms with van der Waals surface area (Å²) < 4.78 is 10.5. The number of rotatable bonds is 34. The van der Waals surface area contributed by atoms with Gasteiger partial charge in [-0.25, -0.2) is 0 Å². The van der Waals surface area contributed by atoms with Crippen LogP contribution in [0.1, 0.15) is 142 Å². The molecule has 0 aliphatic carbocycles. The summed E-state index contributed by atoms with van der Waals surface area (Å²) in [5, 5.41) is 9.55. The standard InChI is InChI=1S/C47H72O5/c1-3-5-7-9-11-13-15-17-19-21-23-25-27-29-31-33-35-37-39-41-46(49)51-44-45(43-48)52-47(50)42-40-38-36-34-32-30-28-26-24-22-20-18-16-14-12-10-8-6-4-2/h6,8,11-14,17-20,23-26,29-32,36,38,45,48H,3-5,7,9-10,15-16,21-22,27-28,33-35,37,39-44H2,1-2H3/b8-6+,13-11+,14-12+,19-17+,20-18+,25-23+,26-24+,31-29+,32-30+,38-36+/t45-/m0/s1. The van der Waals surface area contributed by atoms with Gasteiger partial charge < -0.3 is 14.6 Å². The average Bonchev–Trinajstić information content (AvgIpc) is 3.15. The number of hydrogen-bond donors (Lipinski definition) is 1. The van der Waals surface area contributed by atoms with Crippen molar-refractivity contribution in [3.63, 3.8) is 0 Å². The minimum Gasteiger partial charge on any atom is -0.462 e. The molecule has 0 unspecified atom stereocenters. The lowest BCUT2D eigenvalue weighted by Crippen LogP contribution is -2.28. The Hall–Kier alpha value is -3.70. The third-order valence-electron chi connectivity index (χ3n) is 7.75. The molecule has 5 heteroatoms. The largest absolute Gasteiger partial charge is 0.462 e. The normalized spacial score (nSPS) is 13.5. The molecular formula is C47H72O5. The summed E-state index contributed by atoms with van der Waals surface area (Å²) in [6.45, 7) is 3.88. The van der Waals surface area contributed by atoms with Gasteiger partial charge in [0, 0.05) is 12.8 Å². The number of ether oxygens (including phenoxy) is 2. The summed E-state index contributed by atoms with van der Waals surface area (Å²) in [5.41, 5.74) is 0. The fourth-order valence-electron chi connectivity index (χ4n) is 4.74. The van der Waals surface area contributed by atoms with Crippen molar-refractivity contribution in [2.75, 3.05) is 13.2 Å². The molecule has 0 aromatic carbocycles. The second kappa shape index (κ2) is 41.7. The molecule has 0 aromatic rings. The van der Waals surface area contributed by atoms with Gasteiger partial charge in [-0.05, 0) is 96.3 Å². The van der Waals surface area contributed by atoms with E-state index in [1.807, 2.05) is 12.2 Å². The first kappa shape index (κ1) is 48.3. The molecule has 0 amide bonds. The van der Waals surface area contributed by atoms with Crippen molar-refractivity contribution in [2.45, 2.75) is 148 Å². The van der Waals surface area contributed by atoms with Gasteiger partial charge in [-0.15, -0.1) is 0 Å². The number of unbranched alkanes of at least 4 members (excludes halogenated alkanes) is 6. The summed E-state index contributed by atoms with van der Waals surface area (Å²) in [6, 6.07) is 0. The van der Waals surface area contributed by atoms with Crippen LogP contribution in [-0.2, 0) is 19.1 Å². The average molecular weight is 717 g/mol. The summed E-state index contributed by atoms with van der Waals surface area (Å²) in [4.78, 5) is 24.2. The minimum atomic E-state index is -0.834. The molecule has 5 nitrogen and oxygen atoms in total. The van der Waals surface area contributed by atoms with E-state index in [1.165, 1.54) is 25.7 Å². The molecule has 1 atom stereocenters. The van der Waals surface area contributed by atoms with Crippen LogP contribution < -0.4 is 0 Å². The van der Waals surface area contributed by atoms with Crippen LogP contribution in [0.5, 0.6) is 0 Å². The van der Waals surface area contributed by atoms with E-state index < -0.39 is 12.1 Å². The van der Waals surface area contributed by atoms with Crippen LogP contribution in [0.3, 0.4) is 0 Å². The minimum absolute atomic E-state index is 0.122. The molecule has 0 saturated carbocycles. The Morgan fingerprint density at radius 3 is 1.29 bits per heavy atom. The smallest absolute Gasteiger partial charge is 0.306 e. The molecule has 0 fully saturated rings. The summed E-state index contributed by atoms with van der Waals surface area (Å²) in [6.07, 6.45) is 61.2. The quantitative estimate of drug-likeness (QED) is 0.0408. The lowest BCUT2D eigenvalue weighted by molar-refractivity contribution is -0.161. The Morgan fingerprint density at radius 1 is 0.462 bits per heavy atom. The van der Waals surface area contributed by atoms with Gasteiger partial charge >= 0.3 is 11.9 Å². The predicted molar refractivity (Wildman–Crippen MR) is 223 cm³/mol. The lowest BCUT2D eigenvalue weighted by atomic mass is 10.1. The second-order valence-electron chi connectivity index (χ2n) is 12.6. The van der Waals surface area contributed by atoms with Crippen molar-refractivity contribution in [1.29, 1.82) is 0 Å². The maximum atomic E-state index is 12.1. The van der Waals surface area contributed by atoms with Crippen LogP contribution in [0.15, 0.2) is 122 Å². The number of carbonyl (C=O) groups excluding carboxylic acids is 2. The van der Waals surface area contributed by atoms with Gasteiger partial charge in [-0.3, -0.25) is 9.59 Å². The van der Waals surface area contributed by atoms with Gasteiger partial charge in [0.15, 0.2) is 6.10 Å². The van der Waals surface area contributed by atoms with Crippen LogP contribution in [0, 0.1) is 0 Å². The van der Waals surface area contributed by atoms with E-state index >= 15 is 0 Å². The fraction of sp³-hybridized carbons (Fsp3) is 0.532. The van der Waals surface area contributed by atoms with Gasteiger partial charge in [-0.2, -0.15) is 0 Å². The highest BCUT2D eigenvalue weighted by Gasteiger charge is 2.15. The molecule has 0 radical (unpaired) electrons. The molecule has 52 heavy (non-hydrogen) atoms. The molecular weight excluding hydrogens is 645 g/mol. The Kier molecular flexibility index (Phi) is 38.8. The third kappa shape index (κ3) is 39.1. The van der Waals surface area contributed by atoms with E-state index in [2.05, 4.69) is 123 Å². The molecule has 0 spiro atoms. The monoisotopic (exact) mass is 717 g/mol. The number of aliphatic hydroxyl groups excluding tert-OH is 1. The van der Waals surface area contributed by atoms with E-state index in [1.54, 1.807) is 0 Å². The number of hydrogen-bond acceptors (Lipinski definition) is 5. The SMILES string of the molecule is CC/C=C/C/C=C/C/C=C/C/C=C/C/C=C/C/C=C/CCC(=O)O[C@@H](CO)COC(=O)CCCCC/C=C/C/C=C/C/C=C/C/C=C/CCCCC. The molecule has 0 bridgehead atoms. The van der Waals surface area contributed by atoms with E-state index in [4.69, 9.17) is 9.47 Å². The van der Waals surface area contributed by atoms with Gasteiger partial charge in [0.2, 0.25) is 0 Å². The van der Waals surface area contributed by atoms with E-state index in [0.717, 1.165) is 83.5 Å². The van der Waals surface area contributed by atoms with E-state index in [0.29, 0.717) is 12.8 Å². The number of aliphatic hydroxyl groups is 1. The van der Waals surface area contributed by atoms with Crippen LogP contribution >= 0.6 is 0 Å². The van der Waals surface area contributed by atoms with Crippen molar-refractivity contribution in [2.24, 2.45) is 0 Å². The van der Waals surface area contributed by atoms with Gasteiger partial charge in [0.25, 0.3) is 0 Å². The molecule has 0 rings (SSSR count). The zero-order valence-corrected chi connectivity index (χ0v) is 32.8. The topological polar surface area (TPSA) is 72.8 Å². The molecule has 0 aromatic heterocycles. The number of esters is 2. The van der Waals surface area contributed by atoms with E-state index in [9.17, 15) is 14.7 Å². The number of carbonyl (C=O) groups is 2. The highest BCUT2D eigenvalue weighted by atomic mass is 16.6. The third-order valence-corrected chi connectivity index (χ3v) is 7.75. The number of allylic oxidation sites excluding steroid dienone is 20.